The fraction of sp³-hybridized carbons (Fsp3) is 0.333. The van der Waals surface area contributed by atoms with Gasteiger partial charge in [0.25, 0.3) is 0 Å². The number of nitrogens with two attached hydrogens (primary N) is 1. The van der Waals surface area contributed by atoms with Gasteiger partial charge in [-0.15, -0.1) is 0 Å². The predicted octanol–water partition coefficient (Wildman–Crippen LogP) is 0.430. The van der Waals surface area contributed by atoms with E-state index >= 15 is 0 Å². The fourth-order valence-corrected chi connectivity index (χ4v) is 1.57. The predicted molar refractivity (Wildman–Crippen MR) is 59.2 cm³/mol. The molecule has 0 aliphatic carbocycles. The molecule has 72 valence electrons. The summed E-state index contributed by atoms with van der Waals surface area (Å²) in [7, 11) is 0. The number of hydrogen-bond donors (Lipinski definition) is 3. The normalized spacial score (nSPS) is 11.7. The first kappa shape index (κ1) is 10.9. The van der Waals surface area contributed by atoms with Crippen molar-refractivity contribution in [3.05, 3.63) is 33.4 Å². The standard InChI is InChI=1S/C9H12INO2/c10-8-3-1-2-7(4-8)9(11,5-12)6-13/h1-4,12-13H,5-6,11H2. The van der Waals surface area contributed by atoms with Gasteiger partial charge in [-0.1, -0.05) is 12.1 Å². The lowest BCUT2D eigenvalue weighted by Crippen LogP contribution is -2.44. The van der Waals surface area contributed by atoms with Crippen molar-refractivity contribution in [2.45, 2.75) is 5.54 Å². The second-order valence-electron chi connectivity index (χ2n) is 2.98. The van der Waals surface area contributed by atoms with Crippen LogP contribution in [0.5, 0.6) is 0 Å². The minimum Gasteiger partial charge on any atom is -0.394 e. The highest BCUT2D eigenvalue weighted by atomic mass is 127. The number of halogens is 1. The highest BCUT2D eigenvalue weighted by Crippen LogP contribution is 2.19. The van der Waals surface area contributed by atoms with Gasteiger partial charge >= 0.3 is 0 Å². The Bertz CT molecular complexity index is 287. The van der Waals surface area contributed by atoms with Crippen LogP contribution >= 0.6 is 22.6 Å². The fourth-order valence-electron chi connectivity index (χ4n) is 1.03. The summed E-state index contributed by atoms with van der Waals surface area (Å²) < 4.78 is 1.03. The lowest BCUT2D eigenvalue weighted by molar-refractivity contribution is 0.121. The summed E-state index contributed by atoms with van der Waals surface area (Å²) >= 11 is 2.16. The number of hydrogen-bond acceptors (Lipinski definition) is 3. The Morgan fingerprint density at radius 3 is 2.38 bits per heavy atom. The van der Waals surface area contributed by atoms with Gasteiger partial charge in [0.1, 0.15) is 0 Å². The molecule has 0 saturated carbocycles. The maximum Gasteiger partial charge on any atom is 0.0878 e. The first-order chi connectivity index (χ1) is 6.12. The lowest BCUT2D eigenvalue weighted by atomic mass is 9.93. The Hall–Kier alpha value is -0.170. The lowest BCUT2D eigenvalue weighted by Gasteiger charge is -2.25. The molecule has 13 heavy (non-hydrogen) atoms. The van der Waals surface area contributed by atoms with Crippen LogP contribution in [0.3, 0.4) is 0 Å². The zero-order valence-electron chi connectivity index (χ0n) is 7.07. The summed E-state index contributed by atoms with van der Waals surface area (Å²) in [6.45, 7) is -0.521. The number of aliphatic hydroxyl groups excluding tert-OH is 2. The minimum absolute atomic E-state index is 0.260. The van der Waals surface area contributed by atoms with Gasteiger partial charge in [0, 0.05) is 3.57 Å². The van der Waals surface area contributed by atoms with Crippen LogP contribution in [0.1, 0.15) is 5.56 Å². The molecule has 0 radical (unpaired) electrons. The van der Waals surface area contributed by atoms with Gasteiger partial charge in [-0.2, -0.15) is 0 Å². The Balaban J connectivity index is 3.05. The first-order valence-electron chi connectivity index (χ1n) is 3.89. The van der Waals surface area contributed by atoms with Crippen molar-refractivity contribution in [2.24, 2.45) is 5.73 Å². The van der Waals surface area contributed by atoms with Crippen LogP contribution in [-0.2, 0) is 5.54 Å². The molecular formula is C9H12INO2. The van der Waals surface area contributed by atoms with Crippen molar-refractivity contribution in [1.29, 1.82) is 0 Å². The molecule has 4 N–H and O–H groups in total. The van der Waals surface area contributed by atoms with Gasteiger partial charge in [0.15, 0.2) is 0 Å². The van der Waals surface area contributed by atoms with Crippen molar-refractivity contribution in [1.82, 2.24) is 0 Å². The molecule has 1 aromatic carbocycles. The summed E-state index contributed by atoms with van der Waals surface area (Å²) in [5.41, 5.74) is 5.51. The number of benzene rings is 1. The second kappa shape index (κ2) is 4.36. The molecule has 0 bridgehead atoms. The van der Waals surface area contributed by atoms with E-state index in [9.17, 15) is 0 Å². The summed E-state index contributed by atoms with van der Waals surface area (Å²) in [4.78, 5) is 0. The van der Waals surface area contributed by atoms with Crippen molar-refractivity contribution in [3.63, 3.8) is 0 Å². The molecule has 4 heteroatoms. The molecule has 3 nitrogen and oxygen atoms in total. The van der Waals surface area contributed by atoms with Gasteiger partial charge in [-0.25, -0.2) is 0 Å². The SMILES string of the molecule is NC(CO)(CO)c1cccc(I)c1. The number of rotatable bonds is 3. The van der Waals surface area contributed by atoms with Gasteiger partial charge in [0.2, 0.25) is 0 Å². The summed E-state index contributed by atoms with van der Waals surface area (Å²) in [5, 5.41) is 18.1. The monoisotopic (exact) mass is 293 g/mol. The van der Waals surface area contributed by atoms with Crippen LogP contribution in [0.15, 0.2) is 24.3 Å². The van der Waals surface area contributed by atoms with Gasteiger partial charge in [0.05, 0.1) is 18.8 Å². The Labute approximate surface area is 90.7 Å². The smallest absolute Gasteiger partial charge is 0.0878 e. The summed E-state index contributed by atoms with van der Waals surface area (Å²) in [6, 6.07) is 7.44. The summed E-state index contributed by atoms with van der Waals surface area (Å²) in [6.07, 6.45) is 0. The van der Waals surface area contributed by atoms with Crippen molar-refractivity contribution in [2.75, 3.05) is 13.2 Å². The largest absolute Gasteiger partial charge is 0.394 e. The Morgan fingerprint density at radius 1 is 1.31 bits per heavy atom. The zero-order chi connectivity index (χ0) is 9.90. The molecule has 1 rings (SSSR count). The molecular weight excluding hydrogens is 281 g/mol. The van der Waals surface area contributed by atoms with Crippen LogP contribution in [-0.4, -0.2) is 23.4 Å². The van der Waals surface area contributed by atoms with E-state index in [0.717, 1.165) is 9.13 Å². The third-order valence-corrected chi connectivity index (χ3v) is 2.63. The average Bonchev–Trinajstić information content (AvgIpc) is 2.17. The third-order valence-electron chi connectivity index (χ3n) is 1.96. The number of aliphatic hydroxyl groups is 2. The van der Waals surface area contributed by atoms with Crippen LogP contribution in [0, 0.1) is 3.57 Å². The Morgan fingerprint density at radius 2 is 1.92 bits per heavy atom. The Kier molecular flexibility index (Phi) is 3.66. The summed E-state index contributed by atoms with van der Waals surface area (Å²) in [5.74, 6) is 0. The van der Waals surface area contributed by atoms with E-state index in [1.54, 1.807) is 6.07 Å². The van der Waals surface area contributed by atoms with Crippen molar-refractivity contribution in [3.8, 4) is 0 Å². The maximum atomic E-state index is 9.04. The molecule has 0 saturated heterocycles. The molecule has 1 aromatic rings. The van der Waals surface area contributed by atoms with E-state index in [0.29, 0.717) is 0 Å². The van der Waals surface area contributed by atoms with Gasteiger partial charge in [-0.05, 0) is 40.3 Å². The van der Waals surface area contributed by atoms with Crippen molar-refractivity contribution < 1.29 is 10.2 Å². The molecule has 0 heterocycles. The van der Waals surface area contributed by atoms with E-state index < -0.39 is 5.54 Å². The maximum absolute atomic E-state index is 9.04. The average molecular weight is 293 g/mol. The van der Waals surface area contributed by atoms with Crippen LogP contribution in [0.2, 0.25) is 0 Å². The minimum atomic E-state index is -1.03. The van der Waals surface area contributed by atoms with Gasteiger partial charge in [-0.3, -0.25) is 0 Å². The zero-order valence-corrected chi connectivity index (χ0v) is 9.23. The molecule has 0 aliphatic heterocycles. The molecule has 0 fully saturated rings. The van der Waals surface area contributed by atoms with Crippen LogP contribution in [0.25, 0.3) is 0 Å². The molecule has 0 aromatic heterocycles. The van der Waals surface area contributed by atoms with E-state index in [-0.39, 0.29) is 13.2 Å². The quantitative estimate of drug-likeness (QED) is 0.708. The molecule has 0 spiro atoms. The molecule has 0 atom stereocenters. The van der Waals surface area contributed by atoms with E-state index in [4.69, 9.17) is 15.9 Å². The molecule has 0 amide bonds. The van der Waals surface area contributed by atoms with E-state index in [2.05, 4.69) is 22.6 Å². The van der Waals surface area contributed by atoms with Crippen LogP contribution < -0.4 is 5.73 Å². The third kappa shape index (κ3) is 2.40. The highest BCUT2D eigenvalue weighted by molar-refractivity contribution is 14.1. The van der Waals surface area contributed by atoms with E-state index in [1.807, 2.05) is 18.2 Å². The van der Waals surface area contributed by atoms with Gasteiger partial charge < -0.3 is 15.9 Å². The van der Waals surface area contributed by atoms with Crippen LogP contribution in [0.4, 0.5) is 0 Å². The highest BCUT2D eigenvalue weighted by Gasteiger charge is 2.25. The molecule has 0 unspecified atom stereocenters. The molecule has 0 aliphatic rings. The van der Waals surface area contributed by atoms with Crippen molar-refractivity contribution >= 4 is 22.6 Å². The van der Waals surface area contributed by atoms with E-state index in [1.165, 1.54) is 0 Å². The second-order valence-corrected chi connectivity index (χ2v) is 4.23. The topological polar surface area (TPSA) is 66.5 Å². The first-order valence-corrected chi connectivity index (χ1v) is 4.97.